The number of hydrogen-bond donors (Lipinski definition) is 2. The first-order chi connectivity index (χ1) is 12.8. The quantitative estimate of drug-likeness (QED) is 0.806. The van der Waals surface area contributed by atoms with Gasteiger partial charge >= 0.3 is 0 Å². The summed E-state index contributed by atoms with van der Waals surface area (Å²) >= 11 is 0. The number of carbonyl (C=O) groups is 2. The fraction of sp³-hybridized carbons (Fsp3) is 0.333. The highest BCUT2D eigenvalue weighted by molar-refractivity contribution is 5.94. The molecule has 2 atom stereocenters. The fourth-order valence-corrected chi connectivity index (χ4v) is 3.54. The summed E-state index contributed by atoms with van der Waals surface area (Å²) in [6, 6.07) is 11.2. The summed E-state index contributed by atoms with van der Waals surface area (Å²) in [5.41, 5.74) is 0.767. The molecule has 0 heterocycles. The van der Waals surface area contributed by atoms with Gasteiger partial charge in [-0.1, -0.05) is 13.8 Å². The number of nitrogens with one attached hydrogen (secondary N) is 2. The van der Waals surface area contributed by atoms with E-state index in [4.69, 9.17) is 0 Å². The van der Waals surface area contributed by atoms with Gasteiger partial charge < -0.3 is 10.6 Å². The molecule has 27 heavy (non-hydrogen) atoms. The third kappa shape index (κ3) is 4.32. The van der Waals surface area contributed by atoms with Crippen molar-refractivity contribution in [3.05, 3.63) is 60.2 Å². The molecule has 3 rings (SSSR count). The molecule has 0 spiro atoms. The molecule has 142 valence electrons. The van der Waals surface area contributed by atoms with Gasteiger partial charge in [0.2, 0.25) is 11.8 Å². The monoisotopic (exact) mass is 372 g/mol. The maximum atomic E-state index is 13.0. The maximum absolute atomic E-state index is 13.0. The van der Waals surface area contributed by atoms with E-state index in [2.05, 4.69) is 10.6 Å². The Kier molecular flexibility index (Phi) is 5.26. The Morgan fingerprint density at radius 3 is 1.89 bits per heavy atom. The second kappa shape index (κ2) is 7.47. The van der Waals surface area contributed by atoms with E-state index in [-0.39, 0.29) is 40.7 Å². The van der Waals surface area contributed by atoms with E-state index in [1.54, 1.807) is 0 Å². The zero-order valence-electron chi connectivity index (χ0n) is 15.3. The lowest BCUT2D eigenvalue weighted by Gasteiger charge is -2.51. The van der Waals surface area contributed by atoms with Crippen LogP contribution in [-0.4, -0.2) is 11.8 Å². The van der Waals surface area contributed by atoms with E-state index in [1.807, 2.05) is 13.8 Å². The molecule has 2 amide bonds. The third-order valence-corrected chi connectivity index (χ3v) is 5.46. The maximum Gasteiger partial charge on any atom is 0.228 e. The fourth-order valence-electron chi connectivity index (χ4n) is 3.54. The minimum absolute atomic E-state index is 0.0712. The Labute approximate surface area is 157 Å². The Morgan fingerprint density at radius 1 is 0.926 bits per heavy atom. The molecule has 0 radical (unpaired) electrons. The van der Waals surface area contributed by atoms with Gasteiger partial charge in [-0.2, -0.15) is 0 Å². The number of hydrogen-bond acceptors (Lipinski definition) is 2. The van der Waals surface area contributed by atoms with Crippen LogP contribution in [0.15, 0.2) is 48.5 Å². The standard InChI is InChI=1S/C21H22F2N2O2/c1-21(2)13(12-19(26)24-16-7-3-14(22)4-8-16)11-18(21)20(27)25-17-9-5-15(23)6-10-17/h3-10,13,18H,11-12H2,1-2H3,(H,24,26)(H,25,27)/t13-,18+/m1/s1. The molecular weight excluding hydrogens is 350 g/mol. The number of anilines is 2. The summed E-state index contributed by atoms with van der Waals surface area (Å²) in [7, 11) is 0. The van der Waals surface area contributed by atoms with Crippen molar-refractivity contribution >= 4 is 23.2 Å². The molecule has 1 aliphatic rings. The molecule has 0 aromatic heterocycles. The summed E-state index contributed by atoms with van der Waals surface area (Å²) in [5, 5.41) is 5.56. The van der Waals surface area contributed by atoms with E-state index < -0.39 is 0 Å². The van der Waals surface area contributed by atoms with Crippen LogP contribution in [0.1, 0.15) is 26.7 Å². The van der Waals surface area contributed by atoms with Gasteiger partial charge in [0, 0.05) is 23.7 Å². The SMILES string of the molecule is CC1(C)[C@@H](CC(=O)Nc2ccc(F)cc2)C[C@H]1C(=O)Nc1ccc(F)cc1. The summed E-state index contributed by atoms with van der Waals surface area (Å²) in [5.74, 6) is -1.14. The van der Waals surface area contributed by atoms with Crippen LogP contribution in [0.4, 0.5) is 20.2 Å². The highest BCUT2D eigenvalue weighted by atomic mass is 19.1. The molecule has 1 fully saturated rings. The average Bonchev–Trinajstić information content (AvgIpc) is 2.62. The molecule has 2 aromatic rings. The molecule has 1 saturated carbocycles. The Hall–Kier alpha value is -2.76. The number of halogens is 2. The summed E-state index contributed by atoms with van der Waals surface area (Å²) in [6.45, 7) is 3.95. The largest absolute Gasteiger partial charge is 0.326 e. The predicted octanol–water partition coefficient (Wildman–Crippen LogP) is 4.59. The van der Waals surface area contributed by atoms with Crippen LogP contribution in [0.2, 0.25) is 0 Å². The van der Waals surface area contributed by atoms with E-state index in [0.29, 0.717) is 24.2 Å². The van der Waals surface area contributed by atoms with Crippen LogP contribution in [0.25, 0.3) is 0 Å². The average molecular weight is 372 g/mol. The summed E-state index contributed by atoms with van der Waals surface area (Å²) in [4.78, 5) is 24.8. The van der Waals surface area contributed by atoms with Crippen molar-refractivity contribution in [2.24, 2.45) is 17.3 Å². The summed E-state index contributed by atoms with van der Waals surface area (Å²) in [6.07, 6.45) is 0.904. The van der Waals surface area contributed by atoms with Crippen LogP contribution in [-0.2, 0) is 9.59 Å². The second-order valence-corrected chi connectivity index (χ2v) is 7.56. The molecule has 4 nitrogen and oxygen atoms in total. The summed E-state index contributed by atoms with van der Waals surface area (Å²) < 4.78 is 25.9. The van der Waals surface area contributed by atoms with Gasteiger partial charge in [0.25, 0.3) is 0 Å². The van der Waals surface area contributed by atoms with Gasteiger partial charge in [0.1, 0.15) is 11.6 Å². The van der Waals surface area contributed by atoms with Gasteiger partial charge in [0.05, 0.1) is 0 Å². The highest BCUT2D eigenvalue weighted by Crippen LogP contribution is 2.53. The molecule has 0 aliphatic heterocycles. The van der Waals surface area contributed by atoms with Crippen molar-refractivity contribution in [3.63, 3.8) is 0 Å². The zero-order valence-corrected chi connectivity index (χ0v) is 15.3. The topological polar surface area (TPSA) is 58.2 Å². The van der Waals surface area contributed by atoms with E-state index >= 15 is 0 Å². The van der Waals surface area contributed by atoms with Crippen LogP contribution < -0.4 is 10.6 Å². The number of rotatable bonds is 5. The third-order valence-electron chi connectivity index (χ3n) is 5.46. The Morgan fingerprint density at radius 2 is 1.41 bits per heavy atom. The smallest absolute Gasteiger partial charge is 0.228 e. The lowest BCUT2D eigenvalue weighted by atomic mass is 9.53. The van der Waals surface area contributed by atoms with Gasteiger partial charge in [-0.25, -0.2) is 8.78 Å². The van der Waals surface area contributed by atoms with E-state index in [1.165, 1.54) is 48.5 Å². The minimum Gasteiger partial charge on any atom is -0.326 e. The van der Waals surface area contributed by atoms with Crippen molar-refractivity contribution in [1.82, 2.24) is 0 Å². The number of benzene rings is 2. The first-order valence-corrected chi connectivity index (χ1v) is 8.87. The van der Waals surface area contributed by atoms with Crippen molar-refractivity contribution in [2.75, 3.05) is 10.6 Å². The zero-order chi connectivity index (χ0) is 19.6. The lowest BCUT2D eigenvalue weighted by molar-refractivity contribution is -0.138. The van der Waals surface area contributed by atoms with Crippen molar-refractivity contribution < 1.29 is 18.4 Å². The van der Waals surface area contributed by atoms with Crippen molar-refractivity contribution in [1.29, 1.82) is 0 Å². The molecule has 0 unspecified atom stereocenters. The van der Waals surface area contributed by atoms with Crippen molar-refractivity contribution in [3.8, 4) is 0 Å². The normalized spacial score (nSPS) is 20.4. The van der Waals surface area contributed by atoms with Crippen LogP contribution >= 0.6 is 0 Å². The minimum atomic E-state index is -0.358. The van der Waals surface area contributed by atoms with Crippen molar-refractivity contribution in [2.45, 2.75) is 26.7 Å². The van der Waals surface area contributed by atoms with Crippen LogP contribution in [0.3, 0.4) is 0 Å². The predicted molar refractivity (Wildman–Crippen MR) is 100 cm³/mol. The molecule has 1 aliphatic carbocycles. The molecule has 0 bridgehead atoms. The van der Waals surface area contributed by atoms with Crippen LogP contribution in [0.5, 0.6) is 0 Å². The molecule has 2 aromatic carbocycles. The van der Waals surface area contributed by atoms with E-state index in [0.717, 1.165) is 0 Å². The van der Waals surface area contributed by atoms with Gasteiger partial charge in [0.15, 0.2) is 0 Å². The highest BCUT2D eigenvalue weighted by Gasteiger charge is 2.51. The van der Waals surface area contributed by atoms with Gasteiger partial charge in [-0.15, -0.1) is 0 Å². The lowest BCUT2D eigenvalue weighted by Crippen LogP contribution is -2.51. The van der Waals surface area contributed by atoms with Crippen LogP contribution in [0, 0.1) is 28.9 Å². The molecule has 6 heteroatoms. The van der Waals surface area contributed by atoms with Gasteiger partial charge in [-0.05, 0) is 66.3 Å². The molecule has 0 saturated heterocycles. The molecular formula is C21H22F2N2O2. The molecule has 2 N–H and O–H groups in total. The number of carbonyl (C=O) groups excluding carboxylic acids is 2. The second-order valence-electron chi connectivity index (χ2n) is 7.56. The van der Waals surface area contributed by atoms with E-state index in [9.17, 15) is 18.4 Å². The number of amides is 2. The Balaban J connectivity index is 1.54. The first-order valence-electron chi connectivity index (χ1n) is 8.87. The Bertz CT molecular complexity index is 832. The van der Waals surface area contributed by atoms with Gasteiger partial charge in [-0.3, -0.25) is 9.59 Å². The first kappa shape index (κ1) is 19.0.